The van der Waals surface area contributed by atoms with Crippen molar-refractivity contribution >= 4 is 17.9 Å². The van der Waals surface area contributed by atoms with Gasteiger partial charge in [-0.3, -0.25) is 14.6 Å². The van der Waals surface area contributed by atoms with E-state index in [9.17, 15) is 14.0 Å². The Morgan fingerprint density at radius 1 is 1.32 bits per heavy atom. The summed E-state index contributed by atoms with van der Waals surface area (Å²) in [7, 11) is 1.80. The van der Waals surface area contributed by atoms with Crippen molar-refractivity contribution in [3.05, 3.63) is 53.2 Å². The minimum absolute atomic E-state index is 0.130. The molecule has 0 saturated carbocycles. The summed E-state index contributed by atoms with van der Waals surface area (Å²) in [5, 5.41) is 2.89. The van der Waals surface area contributed by atoms with Crippen molar-refractivity contribution in [1.29, 1.82) is 0 Å². The molecular weight excluding hydrogens is 285 g/mol. The first-order valence-corrected chi connectivity index (χ1v) is 6.75. The van der Waals surface area contributed by atoms with Crippen LogP contribution in [0.15, 0.2) is 30.7 Å². The van der Waals surface area contributed by atoms with Crippen molar-refractivity contribution < 1.29 is 14.0 Å². The van der Waals surface area contributed by atoms with Crippen LogP contribution in [0.1, 0.15) is 39.6 Å². The third kappa shape index (κ3) is 4.73. The molecule has 6 heteroatoms. The van der Waals surface area contributed by atoms with Gasteiger partial charge >= 0.3 is 0 Å². The maximum Gasteiger partial charge on any atom is 0.164 e. The Bertz CT molecular complexity index is 642. The third-order valence-electron chi connectivity index (χ3n) is 2.98. The highest BCUT2D eigenvalue weighted by molar-refractivity contribution is 5.95. The summed E-state index contributed by atoms with van der Waals surface area (Å²) in [6.45, 7) is 3.38. The monoisotopic (exact) mass is 303 g/mol. The fraction of sp³-hybridized carbons (Fsp3) is 0.250. The number of aldehydes is 1. The minimum atomic E-state index is -0.440. The zero-order valence-corrected chi connectivity index (χ0v) is 12.8. The third-order valence-corrected chi connectivity index (χ3v) is 2.98. The predicted octanol–water partition coefficient (Wildman–Crippen LogP) is 3.06. The van der Waals surface area contributed by atoms with Crippen molar-refractivity contribution in [2.24, 2.45) is 0 Å². The molecule has 0 aromatic carbocycles. The number of carbonyl (C=O) groups excluding carboxylic acids is 2. The maximum absolute atomic E-state index is 12.5. The van der Waals surface area contributed by atoms with Gasteiger partial charge in [-0.1, -0.05) is 6.92 Å². The molecule has 0 bridgehead atoms. The highest BCUT2D eigenvalue weighted by Crippen LogP contribution is 2.07. The Morgan fingerprint density at radius 3 is 2.50 bits per heavy atom. The first-order valence-electron chi connectivity index (χ1n) is 6.75. The summed E-state index contributed by atoms with van der Waals surface area (Å²) in [6, 6.07) is 3.58. The maximum atomic E-state index is 12.5. The van der Waals surface area contributed by atoms with Gasteiger partial charge in [0.15, 0.2) is 12.1 Å². The first kappa shape index (κ1) is 17.4. The van der Waals surface area contributed by atoms with Crippen LogP contribution in [0.2, 0.25) is 0 Å². The smallest absolute Gasteiger partial charge is 0.164 e. The molecule has 2 heterocycles. The Morgan fingerprint density at radius 2 is 2.05 bits per heavy atom. The lowest BCUT2D eigenvalue weighted by Gasteiger charge is -1.99. The molecule has 2 aromatic rings. The molecule has 0 amide bonds. The molecule has 0 spiro atoms. The normalized spacial score (nSPS) is 9.45. The van der Waals surface area contributed by atoms with Crippen LogP contribution in [-0.4, -0.2) is 29.1 Å². The summed E-state index contributed by atoms with van der Waals surface area (Å²) in [6.07, 6.45) is 5.14. The van der Waals surface area contributed by atoms with Crippen molar-refractivity contribution in [1.82, 2.24) is 9.97 Å². The number of aromatic nitrogens is 2. The molecular formula is C16H18FN3O2. The van der Waals surface area contributed by atoms with E-state index in [1.54, 1.807) is 32.3 Å². The number of Topliss-reactive ketones (excluding diaryl/α,β-unsaturated/α-hetero) is 1. The van der Waals surface area contributed by atoms with Crippen LogP contribution in [0.5, 0.6) is 0 Å². The van der Waals surface area contributed by atoms with Crippen LogP contribution in [-0.2, 0) is 0 Å². The number of rotatable bonds is 4. The molecule has 2 aromatic heterocycles. The molecule has 0 unspecified atom stereocenters. The second-order valence-corrected chi connectivity index (χ2v) is 4.41. The lowest BCUT2D eigenvalue weighted by Crippen LogP contribution is -1.98. The minimum Gasteiger partial charge on any atom is -0.373 e. The first-order chi connectivity index (χ1) is 10.5. The fourth-order valence-corrected chi connectivity index (χ4v) is 1.54. The zero-order valence-electron chi connectivity index (χ0n) is 12.8. The average molecular weight is 303 g/mol. The van der Waals surface area contributed by atoms with Crippen LogP contribution < -0.4 is 5.32 Å². The lowest BCUT2D eigenvalue weighted by molar-refractivity contribution is 0.0987. The van der Waals surface area contributed by atoms with Crippen molar-refractivity contribution in [3.8, 4) is 0 Å². The zero-order chi connectivity index (χ0) is 16.5. The van der Waals surface area contributed by atoms with Crippen LogP contribution in [0.25, 0.3) is 0 Å². The number of nitrogens with one attached hydrogen (secondary N) is 1. The van der Waals surface area contributed by atoms with Gasteiger partial charge in [0.25, 0.3) is 0 Å². The number of carbonyl (C=O) groups is 2. The molecule has 0 aliphatic rings. The van der Waals surface area contributed by atoms with Gasteiger partial charge in [0.1, 0.15) is 11.6 Å². The van der Waals surface area contributed by atoms with Gasteiger partial charge in [0, 0.05) is 37.0 Å². The largest absolute Gasteiger partial charge is 0.373 e. The van der Waals surface area contributed by atoms with E-state index in [1.165, 1.54) is 6.20 Å². The molecule has 1 N–H and O–H groups in total. The van der Waals surface area contributed by atoms with E-state index in [4.69, 9.17) is 0 Å². The highest BCUT2D eigenvalue weighted by atomic mass is 19.1. The highest BCUT2D eigenvalue weighted by Gasteiger charge is 2.02. The van der Waals surface area contributed by atoms with Crippen molar-refractivity contribution in [3.63, 3.8) is 0 Å². The van der Waals surface area contributed by atoms with Gasteiger partial charge in [-0.25, -0.2) is 9.37 Å². The van der Waals surface area contributed by atoms with Crippen molar-refractivity contribution in [2.75, 3.05) is 12.4 Å². The molecule has 0 radical (unpaired) electrons. The standard InChI is InChI=1S/C9H12N2O.C7H6FNO/c1-3-8(12)7-4-5-9(10-2)11-6-7;1-5-6(4-10)2-9-3-7(5)8/h4-6H,3H2,1-2H3,(H,10,11);2-4H,1H3. The number of hydrogen-bond acceptors (Lipinski definition) is 5. The van der Waals surface area contributed by atoms with E-state index in [1.807, 2.05) is 6.92 Å². The van der Waals surface area contributed by atoms with Gasteiger partial charge in [-0.05, 0) is 24.6 Å². The summed E-state index contributed by atoms with van der Waals surface area (Å²) in [5.74, 6) is 0.470. The van der Waals surface area contributed by atoms with Gasteiger partial charge in [0.2, 0.25) is 0 Å². The van der Waals surface area contributed by atoms with E-state index in [2.05, 4.69) is 15.3 Å². The molecule has 116 valence electrons. The van der Waals surface area contributed by atoms with Gasteiger partial charge < -0.3 is 5.32 Å². The summed E-state index contributed by atoms with van der Waals surface area (Å²) in [5.41, 5.74) is 1.33. The van der Waals surface area contributed by atoms with Crippen molar-refractivity contribution in [2.45, 2.75) is 20.3 Å². The number of hydrogen-bond donors (Lipinski definition) is 1. The van der Waals surface area contributed by atoms with Crippen LogP contribution >= 0.6 is 0 Å². The summed E-state index contributed by atoms with van der Waals surface area (Å²) < 4.78 is 12.5. The average Bonchev–Trinajstić information content (AvgIpc) is 2.57. The van der Waals surface area contributed by atoms with E-state index in [-0.39, 0.29) is 5.78 Å². The van der Waals surface area contributed by atoms with E-state index < -0.39 is 5.82 Å². The fourth-order valence-electron chi connectivity index (χ4n) is 1.54. The van der Waals surface area contributed by atoms with Crippen LogP contribution in [0, 0.1) is 12.7 Å². The topological polar surface area (TPSA) is 72.0 Å². The molecule has 5 nitrogen and oxygen atoms in total. The molecule has 0 fully saturated rings. The number of pyridine rings is 2. The Hall–Kier alpha value is -2.63. The SMILES string of the molecule is CCC(=O)c1ccc(NC)nc1.Cc1c(F)cncc1C=O. The quantitative estimate of drug-likeness (QED) is 0.694. The molecule has 0 aliphatic heterocycles. The number of ketones is 1. The van der Waals surface area contributed by atoms with Gasteiger partial charge in [-0.15, -0.1) is 0 Å². The molecule has 0 aliphatic carbocycles. The van der Waals surface area contributed by atoms with E-state index in [0.717, 1.165) is 12.0 Å². The van der Waals surface area contributed by atoms with Crippen LogP contribution in [0.4, 0.5) is 10.2 Å². The Balaban J connectivity index is 0.000000224. The molecule has 0 saturated heterocycles. The molecule has 22 heavy (non-hydrogen) atoms. The van der Waals surface area contributed by atoms with Crippen LogP contribution in [0.3, 0.4) is 0 Å². The second kappa shape index (κ2) is 8.61. The van der Waals surface area contributed by atoms with Gasteiger partial charge in [-0.2, -0.15) is 0 Å². The van der Waals surface area contributed by atoms with E-state index in [0.29, 0.717) is 29.4 Å². The lowest BCUT2D eigenvalue weighted by atomic mass is 10.1. The summed E-state index contributed by atoms with van der Waals surface area (Å²) in [4.78, 5) is 28.9. The Labute approximate surface area is 128 Å². The van der Waals surface area contributed by atoms with E-state index >= 15 is 0 Å². The van der Waals surface area contributed by atoms with Gasteiger partial charge in [0.05, 0.1) is 6.20 Å². The molecule has 2 rings (SSSR count). The number of halogens is 1. The number of nitrogens with zero attached hydrogens (tertiary/aromatic N) is 2. The predicted molar refractivity (Wildman–Crippen MR) is 82.7 cm³/mol. The molecule has 0 atom stereocenters. The second-order valence-electron chi connectivity index (χ2n) is 4.41. The number of anilines is 1. The Kier molecular flexibility index (Phi) is 6.82. The summed E-state index contributed by atoms with van der Waals surface area (Å²) >= 11 is 0.